The molecule has 0 atom stereocenters. The standard InChI is InChI=1S/C22H22N4O2S/c1-15-8-9-18(16(2)12-15)26-19(17-6-4-3-5-7-17)13-24-22(26)29-11-10-25-20(27)14-23-21(25)28/h3-9,12-13H,10-11,14H2,1-2H3,(H,23,28). The van der Waals surface area contributed by atoms with Crippen LogP contribution in [-0.4, -0.2) is 45.2 Å². The van der Waals surface area contributed by atoms with Gasteiger partial charge in [0.15, 0.2) is 5.16 Å². The number of aryl methyl sites for hydroxylation is 2. The summed E-state index contributed by atoms with van der Waals surface area (Å²) in [6.45, 7) is 4.62. The van der Waals surface area contributed by atoms with E-state index < -0.39 is 0 Å². The van der Waals surface area contributed by atoms with Gasteiger partial charge < -0.3 is 5.32 Å². The van der Waals surface area contributed by atoms with Gasteiger partial charge in [0.1, 0.15) is 0 Å². The van der Waals surface area contributed by atoms with Crippen molar-refractivity contribution in [3.8, 4) is 16.9 Å². The molecule has 0 bridgehead atoms. The summed E-state index contributed by atoms with van der Waals surface area (Å²) in [7, 11) is 0. The van der Waals surface area contributed by atoms with Gasteiger partial charge in [-0.25, -0.2) is 9.78 Å². The molecule has 3 amide bonds. The molecule has 7 heteroatoms. The molecule has 1 aliphatic heterocycles. The first-order chi connectivity index (χ1) is 14.0. The SMILES string of the molecule is Cc1ccc(-n2c(-c3ccccc3)cnc2SCCN2C(=O)CNC2=O)c(C)c1. The molecule has 29 heavy (non-hydrogen) atoms. The molecule has 0 unspecified atom stereocenters. The molecule has 0 spiro atoms. The van der Waals surface area contributed by atoms with E-state index in [0.717, 1.165) is 27.7 Å². The van der Waals surface area contributed by atoms with Gasteiger partial charge in [-0.05, 0) is 25.5 Å². The fraction of sp³-hybridized carbons (Fsp3) is 0.227. The number of carbonyl (C=O) groups is 2. The molecule has 3 aromatic rings. The van der Waals surface area contributed by atoms with Gasteiger partial charge in [0.05, 0.1) is 24.1 Å². The fourth-order valence-corrected chi connectivity index (χ4v) is 4.36. The number of benzene rings is 2. The monoisotopic (exact) mass is 406 g/mol. The smallest absolute Gasteiger partial charge is 0.324 e. The summed E-state index contributed by atoms with van der Waals surface area (Å²) >= 11 is 1.54. The first-order valence-corrected chi connectivity index (χ1v) is 10.4. The number of thioether (sulfide) groups is 1. The van der Waals surface area contributed by atoms with Crippen molar-refractivity contribution in [3.05, 3.63) is 65.9 Å². The molecular formula is C22H22N4O2S. The summed E-state index contributed by atoms with van der Waals surface area (Å²) in [5.41, 5.74) is 5.54. The van der Waals surface area contributed by atoms with Crippen molar-refractivity contribution < 1.29 is 9.59 Å². The van der Waals surface area contributed by atoms with Gasteiger partial charge in [-0.1, -0.05) is 59.8 Å². The number of amides is 3. The average molecular weight is 407 g/mol. The van der Waals surface area contributed by atoms with E-state index in [1.54, 1.807) is 0 Å². The zero-order valence-corrected chi connectivity index (χ0v) is 17.2. The molecule has 2 heterocycles. The minimum Gasteiger partial charge on any atom is -0.329 e. The summed E-state index contributed by atoms with van der Waals surface area (Å²) in [4.78, 5) is 29.5. The van der Waals surface area contributed by atoms with Crippen LogP contribution in [-0.2, 0) is 4.79 Å². The Hall–Kier alpha value is -3.06. The lowest BCUT2D eigenvalue weighted by Crippen LogP contribution is -2.32. The highest BCUT2D eigenvalue weighted by Crippen LogP contribution is 2.31. The number of imidazole rings is 1. The number of nitrogens with zero attached hydrogens (tertiary/aromatic N) is 3. The number of rotatable bonds is 6. The first kappa shape index (κ1) is 19.3. The Morgan fingerprint density at radius 3 is 2.59 bits per heavy atom. The number of hydrogen-bond acceptors (Lipinski definition) is 4. The number of imide groups is 1. The van der Waals surface area contributed by atoms with Crippen LogP contribution < -0.4 is 5.32 Å². The zero-order valence-electron chi connectivity index (χ0n) is 16.4. The molecule has 6 nitrogen and oxygen atoms in total. The van der Waals surface area contributed by atoms with Crippen molar-refractivity contribution in [1.29, 1.82) is 0 Å². The molecule has 1 aliphatic rings. The van der Waals surface area contributed by atoms with Crippen molar-refractivity contribution >= 4 is 23.7 Å². The second kappa shape index (κ2) is 8.13. The zero-order chi connectivity index (χ0) is 20.4. The summed E-state index contributed by atoms with van der Waals surface area (Å²) in [5.74, 6) is 0.397. The Balaban J connectivity index is 1.66. The predicted molar refractivity (Wildman–Crippen MR) is 114 cm³/mol. The van der Waals surface area contributed by atoms with Gasteiger partial charge in [-0.15, -0.1) is 0 Å². The van der Waals surface area contributed by atoms with Crippen molar-refractivity contribution in [2.45, 2.75) is 19.0 Å². The van der Waals surface area contributed by atoms with E-state index in [1.807, 2.05) is 24.4 Å². The first-order valence-electron chi connectivity index (χ1n) is 9.46. The normalized spacial score (nSPS) is 13.8. The maximum Gasteiger partial charge on any atom is 0.324 e. The van der Waals surface area contributed by atoms with Gasteiger partial charge in [0.2, 0.25) is 5.91 Å². The van der Waals surface area contributed by atoms with Crippen LogP contribution in [0.5, 0.6) is 0 Å². The highest BCUT2D eigenvalue weighted by atomic mass is 32.2. The number of aromatic nitrogens is 2. The summed E-state index contributed by atoms with van der Waals surface area (Å²) in [6.07, 6.45) is 1.88. The minimum atomic E-state index is -0.321. The van der Waals surface area contributed by atoms with Crippen LogP contribution in [0, 0.1) is 13.8 Å². The van der Waals surface area contributed by atoms with Crippen LogP contribution in [0.4, 0.5) is 4.79 Å². The molecule has 1 saturated heterocycles. The maximum absolute atomic E-state index is 11.8. The molecule has 1 aromatic heterocycles. The van der Waals surface area contributed by atoms with Gasteiger partial charge in [0, 0.05) is 17.9 Å². The highest BCUT2D eigenvalue weighted by molar-refractivity contribution is 7.99. The van der Waals surface area contributed by atoms with E-state index >= 15 is 0 Å². The van der Waals surface area contributed by atoms with Crippen LogP contribution in [0.2, 0.25) is 0 Å². The lowest BCUT2D eigenvalue weighted by molar-refractivity contribution is -0.124. The molecule has 0 radical (unpaired) electrons. The van der Waals surface area contributed by atoms with Gasteiger partial charge >= 0.3 is 6.03 Å². The third-order valence-electron chi connectivity index (χ3n) is 4.88. The van der Waals surface area contributed by atoms with E-state index in [0.29, 0.717) is 12.3 Å². The van der Waals surface area contributed by atoms with Crippen LogP contribution >= 0.6 is 11.8 Å². The van der Waals surface area contributed by atoms with Crippen molar-refractivity contribution in [2.75, 3.05) is 18.8 Å². The number of urea groups is 1. The highest BCUT2D eigenvalue weighted by Gasteiger charge is 2.28. The Labute approximate surface area is 173 Å². The number of nitrogens with one attached hydrogen (secondary N) is 1. The van der Waals surface area contributed by atoms with E-state index in [1.165, 1.54) is 22.2 Å². The van der Waals surface area contributed by atoms with Crippen LogP contribution in [0.15, 0.2) is 59.9 Å². The van der Waals surface area contributed by atoms with Crippen LogP contribution in [0.3, 0.4) is 0 Å². The van der Waals surface area contributed by atoms with Crippen molar-refractivity contribution in [3.63, 3.8) is 0 Å². The Morgan fingerprint density at radius 1 is 1.10 bits per heavy atom. The topological polar surface area (TPSA) is 67.2 Å². The van der Waals surface area contributed by atoms with Gasteiger partial charge in [0.25, 0.3) is 0 Å². The van der Waals surface area contributed by atoms with Gasteiger partial charge in [-0.2, -0.15) is 0 Å². The molecule has 2 aromatic carbocycles. The summed E-state index contributed by atoms with van der Waals surface area (Å²) in [5, 5.41) is 3.39. The summed E-state index contributed by atoms with van der Waals surface area (Å²) in [6, 6.07) is 16.2. The third kappa shape index (κ3) is 3.91. The van der Waals surface area contributed by atoms with Crippen LogP contribution in [0.1, 0.15) is 11.1 Å². The minimum absolute atomic E-state index is 0.0822. The summed E-state index contributed by atoms with van der Waals surface area (Å²) < 4.78 is 2.15. The van der Waals surface area contributed by atoms with E-state index in [4.69, 9.17) is 0 Å². The molecule has 1 fully saturated rings. The molecule has 0 aliphatic carbocycles. The molecular weight excluding hydrogens is 384 g/mol. The van der Waals surface area contributed by atoms with E-state index in [-0.39, 0.29) is 18.5 Å². The maximum atomic E-state index is 11.8. The largest absolute Gasteiger partial charge is 0.329 e. The van der Waals surface area contributed by atoms with E-state index in [2.05, 4.69) is 59.0 Å². The molecule has 1 N–H and O–H groups in total. The number of carbonyl (C=O) groups excluding carboxylic acids is 2. The quantitative estimate of drug-likeness (QED) is 0.499. The Bertz CT molecular complexity index is 1050. The molecule has 4 rings (SSSR count). The lowest BCUT2D eigenvalue weighted by Gasteiger charge is -2.16. The Morgan fingerprint density at radius 2 is 1.90 bits per heavy atom. The molecule has 0 saturated carbocycles. The lowest BCUT2D eigenvalue weighted by atomic mass is 10.1. The van der Waals surface area contributed by atoms with E-state index in [9.17, 15) is 9.59 Å². The average Bonchev–Trinajstić information content (AvgIpc) is 3.27. The second-order valence-electron chi connectivity index (χ2n) is 6.97. The Kier molecular flexibility index (Phi) is 5.40. The third-order valence-corrected chi connectivity index (χ3v) is 5.81. The predicted octanol–water partition coefficient (Wildman–Crippen LogP) is 3.80. The second-order valence-corrected chi connectivity index (χ2v) is 8.03. The van der Waals surface area contributed by atoms with Crippen molar-refractivity contribution in [2.24, 2.45) is 0 Å². The molecule has 148 valence electrons. The van der Waals surface area contributed by atoms with Crippen molar-refractivity contribution in [1.82, 2.24) is 19.8 Å². The van der Waals surface area contributed by atoms with Gasteiger partial charge in [-0.3, -0.25) is 14.3 Å². The number of hydrogen-bond donors (Lipinski definition) is 1. The fourth-order valence-electron chi connectivity index (χ4n) is 3.45. The van der Waals surface area contributed by atoms with Crippen LogP contribution in [0.25, 0.3) is 16.9 Å².